The highest BCUT2D eigenvalue weighted by Crippen LogP contribution is 2.45. The average molecular weight is 422 g/mol. The SMILES string of the molecule is C[C@H](c1ccc(S(C)(=O)=O)cc1)N(C)C(=O)c1ccc(C2SCCS2)cc1. The Balaban J connectivity index is 1.72. The second kappa shape index (κ2) is 8.29. The maximum Gasteiger partial charge on any atom is 0.254 e. The van der Waals surface area contributed by atoms with E-state index in [0.717, 1.165) is 5.56 Å². The monoisotopic (exact) mass is 421 g/mol. The van der Waals surface area contributed by atoms with Crippen molar-refractivity contribution in [2.45, 2.75) is 22.4 Å². The standard InChI is InChI=1S/C20H23NO3S3/c1-14(15-8-10-18(11-9-15)27(3,23)24)21(2)19(22)16-4-6-17(7-5-16)20-25-12-13-26-20/h4-11,14,20H,12-13H2,1-3H3/t14-/m1/s1. The summed E-state index contributed by atoms with van der Waals surface area (Å²) >= 11 is 3.89. The average Bonchev–Trinajstić information content (AvgIpc) is 3.20. The van der Waals surface area contributed by atoms with Crippen LogP contribution in [0.2, 0.25) is 0 Å². The Morgan fingerprint density at radius 3 is 2.11 bits per heavy atom. The molecule has 0 bridgehead atoms. The van der Waals surface area contributed by atoms with Gasteiger partial charge in [-0.1, -0.05) is 24.3 Å². The van der Waals surface area contributed by atoms with E-state index in [-0.39, 0.29) is 16.8 Å². The fourth-order valence-corrected chi connectivity index (χ4v) is 6.42. The summed E-state index contributed by atoms with van der Waals surface area (Å²) < 4.78 is 23.7. The molecule has 1 aliphatic heterocycles. The molecule has 1 heterocycles. The third-order valence-electron chi connectivity index (χ3n) is 4.74. The van der Waals surface area contributed by atoms with Crippen LogP contribution in [0.5, 0.6) is 0 Å². The smallest absolute Gasteiger partial charge is 0.254 e. The van der Waals surface area contributed by atoms with Gasteiger partial charge < -0.3 is 4.90 Å². The molecule has 27 heavy (non-hydrogen) atoms. The van der Waals surface area contributed by atoms with E-state index in [1.807, 2.05) is 54.7 Å². The number of carbonyl (C=O) groups excluding carboxylic acids is 1. The fourth-order valence-electron chi connectivity index (χ4n) is 2.93. The van der Waals surface area contributed by atoms with Gasteiger partial charge in [0.05, 0.1) is 15.5 Å². The molecule has 0 radical (unpaired) electrons. The first-order valence-corrected chi connectivity index (χ1v) is 12.7. The predicted octanol–water partition coefficient (Wildman–Crippen LogP) is 4.40. The van der Waals surface area contributed by atoms with E-state index < -0.39 is 9.84 Å². The molecular formula is C20H23NO3S3. The summed E-state index contributed by atoms with van der Waals surface area (Å²) in [6.45, 7) is 1.94. The number of rotatable bonds is 5. The van der Waals surface area contributed by atoms with E-state index in [0.29, 0.717) is 10.1 Å². The summed E-state index contributed by atoms with van der Waals surface area (Å²) in [5.74, 6) is 2.30. The Labute approximate surface area is 169 Å². The molecule has 7 heteroatoms. The normalized spacial score (nSPS) is 16.3. The largest absolute Gasteiger partial charge is 0.335 e. The van der Waals surface area contributed by atoms with Gasteiger partial charge in [0.25, 0.3) is 5.91 Å². The summed E-state index contributed by atoms with van der Waals surface area (Å²) in [4.78, 5) is 14.8. The van der Waals surface area contributed by atoms with Gasteiger partial charge in [-0.2, -0.15) is 0 Å². The summed E-state index contributed by atoms with van der Waals surface area (Å²) in [5, 5.41) is 0. The van der Waals surface area contributed by atoms with E-state index in [9.17, 15) is 13.2 Å². The van der Waals surface area contributed by atoms with Crippen LogP contribution >= 0.6 is 23.5 Å². The molecule has 0 aliphatic carbocycles. The number of sulfone groups is 1. The van der Waals surface area contributed by atoms with E-state index >= 15 is 0 Å². The Bertz CT molecular complexity index is 902. The van der Waals surface area contributed by atoms with Gasteiger partial charge in [-0.15, -0.1) is 23.5 Å². The quantitative estimate of drug-likeness (QED) is 0.716. The summed E-state index contributed by atoms with van der Waals surface area (Å²) in [7, 11) is -1.45. The predicted molar refractivity (Wildman–Crippen MR) is 114 cm³/mol. The number of hydrogen-bond acceptors (Lipinski definition) is 5. The molecule has 2 aromatic carbocycles. The van der Waals surface area contributed by atoms with Gasteiger partial charge >= 0.3 is 0 Å². The highest BCUT2D eigenvalue weighted by atomic mass is 32.2. The zero-order valence-electron chi connectivity index (χ0n) is 15.6. The Kier molecular flexibility index (Phi) is 6.23. The first-order chi connectivity index (χ1) is 12.8. The Morgan fingerprint density at radius 1 is 1.04 bits per heavy atom. The summed E-state index contributed by atoms with van der Waals surface area (Å²) in [6.07, 6.45) is 1.19. The lowest BCUT2D eigenvalue weighted by Crippen LogP contribution is -2.29. The van der Waals surface area contributed by atoms with Crippen molar-refractivity contribution in [1.82, 2.24) is 4.90 Å². The van der Waals surface area contributed by atoms with E-state index in [4.69, 9.17) is 0 Å². The van der Waals surface area contributed by atoms with Crippen molar-refractivity contribution in [3.8, 4) is 0 Å². The molecule has 144 valence electrons. The van der Waals surface area contributed by atoms with Gasteiger partial charge in [-0.05, 0) is 42.3 Å². The van der Waals surface area contributed by atoms with Crippen molar-refractivity contribution in [1.29, 1.82) is 0 Å². The summed E-state index contributed by atoms with van der Waals surface area (Å²) in [5.41, 5.74) is 2.81. The molecule has 1 aliphatic rings. The van der Waals surface area contributed by atoms with Gasteiger partial charge in [-0.25, -0.2) is 8.42 Å². The maximum atomic E-state index is 12.8. The number of nitrogens with zero attached hydrogens (tertiary/aromatic N) is 1. The molecule has 0 unspecified atom stereocenters. The minimum atomic E-state index is -3.22. The zero-order chi connectivity index (χ0) is 19.6. The van der Waals surface area contributed by atoms with Crippen LogP contribution in [0.3, 0.4) is 0 Å². The van der Waals surface area contributed by atoms with Crippen LogP contribution < -0.4 is 0 Å². The van der Waals surface area contributed by atoms with Crippen LogP contribution in [-0.2, 0) is 9.84 Å². The third-order valence-corrected chi connectivity index (χ3v) is 8.98. The molecule has 1 saturated heterocycles. The fraction of sp³-hybridized carbons (Fsp3) is 0.350. The molecule has 1 amide bonds. The van der Waals surface area contributed by atoms with E-state index in [1.54, 1.807) is 36.2 Å². The molecule has 1 atom stereocenters. The molecule has 0 aromatic heterocycles. The zero-order valence-corrected chi connectivity index (χ0v) is 18.0. The highest BCUT2D eigenvalue weighted by molar-refractivity contribution is 8.19. The Morgan fingerprint density at radius 2 is 1.59 bits per heavy atom. The molecular weight excluding hydrogens is 398 g/mol. The van der Waals surface area contributed by atoms with Crippen molar-refractivity contribution >= 4 is 39.3 Å². The molecule has 1 fully saturated rings. The first kappa shape index (κ1) is 20.3. The first-order valence-electron chi connectivity index (χ1n) is 8.68. The van der Waals surface area contributed by atoms with Gasteiger partial charge in [0.2, 0.25) is 0 Å². The summed E-state index contributed by atoms with van der Waals surface area (Å²) in [6, 6.07) is 14.4. The number of hydrogen-bond donors (Lipinski definition) is 0. The lowest BCUT2D eigenvalue weighted by atomic mass is 10.1. The minimum Gasteiger partial charge on any atom is -0.335 e. The molecule has 0 N–H and O–H groups in total. The van der Waals surface area contributed by atoms with Gasteiger partial charge in [0.1, 0.15) is 0 Å². The topological polar surface area (TPSA) is 54.5 Å². The van der Waals surface area contributed by atoms with Crippen LogP contribution in [0, 0.1) is 0 Å². The van der Waals surface area contributed by atoms with Crippen LogP contribution in [0.4, 0.5) is 0 Å². The number of benzene rings is 2. The van der Waals surface area contributed by atoms with Crippen LogP contribution in [0.25, 0.3) is 0 Å². The second-order valence-electron chi connectivity index (χ2n) is 6.63. The van der Waals surface area contributed by atoms with Crippen LogP contribution in [-0.4, -0.2) is 44.0 Å². The van der Waals surface area contributed by atoms with Crippen molar-refractivity contribution in [2.75, 3.05) is 24.8 Å². The van der Waals surface area contributed by atoms with E-state index in [2.05, 4.69) is 0 Å². The van der Waals surface area contributed by atoms with Gasteiger partial charge in [-0.3, -0.25) is 4.79 Å². The number of amides is 1. The second-order valence-corrected chi connectivity index (χ2v) is 11.4. The molecule has 4 nitrogen and oxygen atoms in total. The van der Waals surface area contributed by atoms with Crippen molar-refractivity contribution in [3.05, 3.63) is 65.2 Å². The van der Waals surface area contributed by atoms with Crippen molar-refractivity contribution in [3.63, 3.8) is 0 Å². The number of thioether (sulfide) groups is 2. The lowest BCUT2D eigenvalue weighted by molar-refractivity contribution is 0.0742. The lowest BCUT2D eigenvalue weighted by Gasteiger charge is -2.26. The molecule has 0 spiro atoms. The number of carbonyl (C=O) groups is 1. The van der Waals surface area contributed by atoms with Gasteiger partial charge in [0.15, 0.2) is 9.84 Å². The molecule has 2 aromatic rings. The van der Waals surface area contributed by atoms with Crippen molar-refractivity contribution < 1.29 is 13.2 Å². The third kappa shape index (κ3) is 4.70. The van der Waals surface area contributed by atoms with Crippen molar-refractivity contribution in [2.24, 2.45) is 0 Å². The minimum absolute atomic E-state index is 0.0482. The maximum absolute atomic E-state index is 12.8. The van der Waals surface area contributed by atoms with Crippen LogP contribution in [0.1, 0.15) is 39.0 Å². The Hall–Kier alpha value is -1.44. The highest BCUT2D eigenvalue weighted by Gasteiger charge is 2.21. The molecule has 0 saturated carbocycles. The van der Waals surface area contributed by atoms with Crippen LogP contribution in [0.15, 0.2) is 53.4 Å². The molecule has 3 rings (SSSR count). The van der Waals surface area contributed by atoms with Gasteiger partial charge in [0, 0.05) is 30.4 Å². The van der Waals surface area contributed by atoms with E-state index in [1.165, 1.54) is 23.3 Å².